The van der Waals surface area contributed by atoms with Crippen LogP contribution in [0.4, 0.5) is 0 Å². The van der Waals surface area contributed by atoms with E-state index in [9.17, 15) is 0 Å². The molecule has 1 fully saturated rings. The summed E-state index contributed by atoms with van der Waals surface area (Å²) >= 11 is 2.04. The molecule has 2 atom stereocenters. The molecular weight excluding hydrogens is 206 g/mol. The highest BCUT2D eigenvalue weighted by Crippen LogP contribution is 2.26. The van der Waals surface area contributed by atoms with Crippen LogP contribution >= 0.6 is 11.8 Å². The van der Waals surface area contributed by atoms with Gasteiger partial charge in [0.25, 0.3) is 0 Å². The maximum atomic E-state index is 5.15. The van der Waals surface area contributed by atoms with Crippen LogP contribution in [0.3, 0.4) is 0 Å². The fraction of sp³-hybridized carbons (Fsp3) is 0.500. The quantitative estimate of drug-likeness (QED) is 0.832. The highest BCUT2D eigenvalue weighted by Gasteiger charge is 2.18. The minimum absolute atomic E-state index is 0.497. The molecule has 0 radical (unpaired) electrons. The highest BCUT2D eigenvalue weighted by molar-refractivity contribution is 8.00. The monoisotopic (exact) mass is 223 g/mol. The topological polar surface area (TPSA) is 21.3 Å². The number of nitrogens with one attached hydrogen (secondary N) is 1. The largest absolute Gasteiger partial charge is 0.497 e. The van der Waals surface area contributed by atoms with E-state index in [0.717, 1.165) is 23.3 Å². The maximum absolute atomic E-state index is 5.15. The zero-order valence-corrected chi connectivity index (χ0v) is 10.0. The Balaban J connectivity index is 2.03. The van der Waals surface area contributed by atoms with Gasteiger partial charge in [0.1, 0.15) is 5.75 Å². The molecule has 1 aliphatic rings. The fourth-order valence-electron chi connectivity index (χ4n) is 1.74. The summed E-state index contributed by atoms with van der Waals surface area (Å²) in [5, 5.41) is 4.30. The molecule has 0 aromatic heterocycles. The number of methoxy groups -OCH3 is 1. The second-order valence-electron chi connectivity index (χ2n) is 3.88. The molecule has 15 heavy (non-hydrogen) atoms. The molecule has 2 rings (SSSR count). The molecule has 0 bridgehead atoms. The molecular formula is C12H17NOS. The molecule has 0 saturated carbocycles. The van der Waals surface area contributed by atoms with E-state index in [4.69, 9.17) is 4.74 Å². The first-order chi connectivity index (χ1) is 7.29. The van der Waals surface area contributed by atoms with Crippen LogP contribution < -0.4 is 10.1 Å². The molecule has 0 amide bonds. The van der Waals surface area contributed by atoms with E-state index in [-0.39, 0.29) is 0 Å². The van der Waals surface area contributed by atoms with Crippen LogP contribution in [0, 0.1) is 0 Å². The molecule has 1 saturated heterocycles. The van der Waals surface area contributed by atoms with Gasteiger partial charge in [-0.2, -0.15) is 11.8 Å². The van der Waals surface area contributed by atoms with Crippen molar-refractivity contribution in [3.63, 3.8) is 0 Å². The molecule has 1 N–H and O–H groups in total. The van der Waals surface area contributed by atoms with Crippen molar-refractivity contribution < 1.29 is 4.74 Å². The number of hydrogen-bond donors (Lipinski definition) is 1. The number of rotatable bonds is 2. The highest BCUT2D eigenvalue weighted by atomic mass is 32.2. The third-order valence-corrected chi connectivity index (χ3v) is 3.98. The lowest BCUT2D eigenvalue weighted by molar-refractivity contribution is 0.414. The Morgan fingerprint density at radius 1 is 1.33 bits per heavy atom. The van der Waals surface area contributed by atoms with Crippen molar-refractivity contribution in [1.82, 2.24) is 5.32 Å². The van der Waals surface area contributed by atoms with Crippen LogP contribution in [0.5, 0.6) is 5.75 Å². The molecule has 82 valence electrons. The van der Waals surface area contributed by atoms with Gasteiger partial charge in [-0.05, 0) is 17.7 Å². The Morgan fingerprint density at radius 2 is 2.07 bits per heavy atom. The molecule has 1 heterocycles. The first-order valence-electron chi connectivity index (χ1n) is 5.28. The van der Waals surface area contributed by atoms with Crippen molar-refractivity contribution in [3.8, 4) is 5.75 Å². The summed E-state index contributed by atoms with van der Waals surface area (Å²) < 4.78 is 5.15. The molecule has 2 nitrogen and oxygen atoms in total. The summed E-state index contributed by atoms with van der Waals surface area (Å²) in [6, 6.07) is 8.84. The summed E-state index contributed by atoms with van der Waals surface area (Å²) in [7, 11) is 1.70. The van der Waals surface area contributed by atoms with E-state index >= 15 is 0 Å². The Hall–Kier alpha value is -0.670. The lowest BCUT2D eigenvalue weighted by Crippen LogP contribution is -2.34. The first-order valence-corrected chi connectivity index (χ1v) is 6.33. The summed E-state index contributed by atoms with van der Waals surface area (Å²) in [6.07, 6.45) is 0. The molecule has 2 unspecified atom stereocenters. The van der Waals surface area contributed by atoms with E-state index in [1.54, 1.807) is 7.11 Å². The maximum Gasteiger partial charge on any atom is 0.118 e. The van der Waals surface area contributed by atoms with Gasteiger partial charge in [-0.1, -0.05) is 19.1 Å². The van der Waals surface area contributed by atoms with Gasteiger partial charge in [0.15, 0.2) is 0 Å². The van der Waals surface area contributed by atoms with Gasteiger partial charge in [0, 0.05) is 23.6 Å². The molecule has 1 aliphatic heterocycles. The van der Waals surface area contributed by atoms with Crippen LogP contribution in [0.15, 0.2) is 24.3 Å². The normalized spacial score (nSPS) is 26.3. The smallest absolute Gasteiger partial charge is 0.118 e. The number of hydrogen-bond acceptors (Lipinski definition) is 3. The second kappa shape index (κ2) is 4.90. The molecule has 1 aromatic rings. The van der Waals surface area contributed by atoms with Crippen molar-refractivity contribution in [2.75, 3.05) is 19.4 Å². The minimum atomic E-state index is 0.497. The summed E-state index contributed by atoms with van der Waals surface area (Å²) in [6.45, 7) is 3.36. The van der Waals surface area contributed by atoms with Gasteiger partial charge in [0.05, 0.1) is 7.11 Å². The molecule has 0 aliphatic carbocycles. The van der Waals surface area contributed by atoms with Crippen molar-refractivity contribution in [2.45, 2.75) is 18.2 Å². The number of ether oxygens (including phenoxy) is 1. The van der Waals surface area contributed by atoms with Crippen molar-refractivity contribution in [3.05, 3.63) is 29.8 Å². The third-order valence-electron chi connectivity index (χ3n) is 2.72. The van der Waals surface area contributed by atoms with Gasteiger partial charge in [-0.15, -0.1) is 0 Å². The Labute approximate surface area is 95.4 Å². The van der Waals surface area contributed by atoms with Gasteiger partial charge in [-0.25, -0.2) is 0 Å². The Morgan fingerprint density at radius 3 is 2.60 bits per heavy atom. The van der Waals surface area contributed by atoms with Crippen LogP contribution in [0.1, 0.15) is 18.5 Å². The van der Waals surface area contributed by atoms with E-state index < -0.39 is 0 Å². The predicted octanol–water partition coefficient (Wildman–Crippen LogP) is 2.46. The first kappa shape index (κ1) is 10.8. The third kappa shape index (κ3) is 2.67. The van der Waals surface area contributed by atoms with E-state index in [1.165, 1.54) is 5.56 Å². The van der Waals surface area contributed by atoms with Crippen LogP contribution in [0.25, 0.3) is 0 Å². The molecule has 1 aromatic carbocycles. The molecule has 3 heteroatoms. The summed E-state index contributed by atoms with van der Waals surface area (Å²) in [5.74, 6) is 2.09. The van der Waals surface area contributed by atoms with Gasteiger partial charge < -0.3 is 10.1 Å². The van der Waals surface area contributed by atoms with Gasteiger partial charge in [0.2, 0.25) is 0 Å². The average molecular weight is 223 g/mol. The molecule has 0 spiro atoms. The van der Waals surface area contributed by atoms with E-state index in [2.05, 4.69) is 24.4 Å². The van der Waals surface area contributed by atoms with Crippen molar-refractivity contribution >= 4 is 11.8 Å². The average Bonchev–Trinajstić information content (AvgIpc) is 2.30. The summed E-state index contributed by atoms with van der Waals surface area (Å²) in [4.78, 5) is 0. The van der Waals surface area contributed by atoms with E-state index in [0.29, 0.717) is 6.04 Å². The van der Waals surface area contributed by atoms with Gasteiger partial charge in [-0.3, -0.25) is 0 Å². The van der Waals surface area contributed by atoms with Crippen LogP contribution in [0.2, 0.25) is 0 Å². The fourth-order valence-corrected chi connectivity index (χ4v) is 2.78. The standard InChI is InChI=1S/C12H17NOS/c1-9-7-13-12(8-15-9)10-3-5-11(14-2)6-4-10/h3-6,9,12-13H,7-8H2,1-2H3. The number of benzene rings is 1. The lowest BCUT2D eigenvalue weighted by Gasteiger charge is -2.27. The minimum Gasteiger partial charge on any atom is -0.497 e. The summed E-state index contributed by atoms with van der Waals surface area (Å²) in [5.41, 5.74) is 1.36. The van der Waals surface area contributed by atoms with Crippen molar-refractivity contribution in [2.24, 2.45) is 0 Å². The van der Waals surface area contributed by atoms with Crippen molar-refractivity contribution in [1.29, 1.82) is 0 Å². The van der Waals surface area contributed by atoms with Gasteiger partial charge >= 0.3 is 0 Å². The number of thioether (sulfide) groups is 1. The lowest BCUT2D eigenvalue weighted by atomic mass is 10.1. The Bertz CT molecular complexity index is 304. The van der Waals surface area contributed by atoms with Crippen LogP contribution in [-0.2, 0) is 0 Å². The zero-order chi connectivity index (χ0) is 10.7. The Kier molecular flexibility index (Phi) is 3.54. The van der Waals surface area contributed by atoms with Crippen LogP contribution in [-0.4, -0.2) is 24.7 Å². The zero-order valence-electron chi connectivity index (χ0n) is 9.19. The van der Waals surface area contributed by atoms with E-state index in [1.807, 2.05) is 23.9 Å². The second-order valence-corrected chi connectivity index (χ2v) is 5.35. The SMILES string of the molecule is COc1ccc(C2CSC(C)CN2)cc1. The predicted molar refractivity (Wildman–Crippen MR) is 65.7 cm³/mol.